The van der Waals surface area contributed by atoms with E-state index in [2.05, 4.69) is 4.98 Å². The Bertz CT molecular complexity index is 466. The zero-order chi connectivity index (χ0) is 11.5. The van der Waals surface area contributed by atoms with Crippen molar-refractivity contribution in [3.8, 4) is 0 Å². The molecule has 0 fully saturated rings. The molecule has 84 valence electrons. The molecule has 0 amide bonds. The van der Waals surface area contributed by atoms with Gasteiger partial charge in [-0.05, 0) is 24.6 Å². The molecule has 0 saturated carbocycles. The van der Waals surface area contributed by atoms with Crippen LogP contribution in [0.3, 0.4) is 0 Å². The lowest BCUT2D eigenvalue weighted by Crippen LogP contribution is -2.05. The van der Waals surface area contributed by atoms with E-state index in [1.807, 2.05) is 36.7 Å². The lowest BCUT2D eigenvalue weighted by Gasteiger charge is -2.13. The minimum atomic E-state index is 0.00441. The highest BCUT2D eigenvalue weighted by Gasteiger charge is 2.17. The maximum atomic E-state index is 9.49. The van der Waals surface area contributed by atoms with Crippen molar-refractivity contribution >= 4 is 22.9 Å². The van der Waals surface area contributed by atoms with Gasteiger partial charge in [0.05, 0.1) is 17.8 Å². The predicted molar refractivity (Wildman–Crippen MR) is 67.2 cm³/mol. The Morgan fingerprint density at radius 1 is 1.38 bits per heavy atom. The molecule has 16 heavy (non-hydrogen) atoms. The largest absolute Gasteiger partial charge is 0.395 e. The van der Waals surface area contributed by atoms with Crippen LogP contribution >= 0.6 is 22.9 Å². The standard InChI is InChI=1S/C12H12ClNOS/c1-8-12(16-7-14-8)11(6-15)9-2-4-10(13)5-3-9/h2-5,7,11,15H,6H2,1H3. The third-order valence-electron chi connectivity index (χ3n) is 2.55. The Morgan fingerprint density at radius 2 is 2.06 bits per heavy atom. The number of aliphatic hydroxyl groups is 1. The van der Waals surface area contributed by atoms with E-state index in [1.165, 1.54) is 0 Å². The normalized spacial score (nSPS) is 12.7. The fraction of sp³-hybridized carbons (Fsp3) is 0.250. The molecule has 1 heterocycles. The molecule has 2 rings (SSSR count). The quantitative estimate of drug-likeness (QED) is 0.911. The van der Waals surface area contributed by atoms with E-state index >= 15 is 0 Å². The fourth-order valence-corrected chi connectivity index (χ4v) is 2.73. The van der Waals surface area contributed by atoms with Crippen LogP contribution in [-0.2, 0) is 0 Å². The number of rotatable bonds is 3. The Hall–Kier alpha value is -0.900. The molecule has 0 saturated heterocycles. The summed E-state index contributed by atoms with van der Waals surface area (Å²) in [6.07, 6.45) is 0. The second-order valence-corrected chi connectivity index (χ2v) is 4.91. The summed E-state index contributed by atoms with van der Waals surface area (Å²) >= 11 is 7.42. The van der Waals surface area contributed by atoms with Gasteiger partial charge in [-0.15, -0.1) is 11.3 Å². The summed E-state index contributed by atoms with van der Waals surface area (Å²) in [5.41, 5.74) is 3.86. The van der Waals surface area contributed by atoms with E-state index < -0.39 is 0 Å². The number of hydrogen-bond donors (Lipinski definition) is 1. The SMILES string of the molecule is Cc1ncsc1C(CO)c1ccc(Cl)cc1. The molecule has 1 aromatic heterocycles. The first-order valence-electron chi connectivity index (χ1n) is 4.98. The number of aryl methyl sites for hydroxylation is 1. The summed E-state index contributed by atoms with van der Waals surface area (Å²) in [6.45, 7) is 2.05. The number of halogens is 1. The van der Waals surface area contributed by atoms with Crippen LogP contribution in [0, 0.1) is 6.92 Å². The second kappa shape index (κ2) is 4.95. The Kier molecular flexibility index (Phi) is 3.59. The van der Waals surface area contributed by atoms with Crippen LogP contribution < -0.4 is 0 Å². The maximum Gasteiger partial charge on any atom is 0.0797 e. The first kappa shape index (κ1) is 11.6. The van der Waals surface area contributed by atoms with Gasteiger partial charge < -0.3 is 5.11 Å². The van der Waals surface area contributed by atoms with Gasteiger partial charge in [-0.1, -0.05) is 23.7 Å². The van der Waals surface area contributed by atoms with Gasteiger partial charge >= 0.3 is 0 Å². The number of hydrogen-bond acceptors (Lipinski definition) is 3. The Morgan fingerprint density at radius 3 is 2.56 bits per heavy atom. The van der Waals surface area contributed by atoms with Crippen molar-refractivity contribution in [2.24, 2.45) is 0 Å². The molecule has 0 radical (unpaired) electrons. The van der Waals surface area contributed by atoms with Crippen LogP contribution in [-0.4, -0.2) is 16.7 Å². The third-order valence-corrected chi connectivity index (χ3v) is 3.85. The van der Waals surface area contributed by atoms with E-state index in [1.54, 1.807) is 11.3 Å². The summed E-state index contributed by atoms with van der Waals surface area (Å²) in [4.78, 5) is 5.33. The molecule has 4 heteroatoms. The zero-order valence-electron chi connectivity index (χ0n) is 8.85. The van der Waals surface area contributed by atoms with E-state index in [9.17, 15) is 5.11 Å². The zero-order valence-corrected chi connectivity index (χ0v) is 10.4. The van der Waals surface area contributed by atoms with Crippen molar-refractivity contribution < 1.29 is 5.11 Å². The average molecular weight is 254 g/mol. The molecule has 1 aromatic carbocycles. The van der Waals surface area contributed by atoms with Crippen molar-refractivity contribution in [1.82, 2.24) is 4.98 Å². The first-order valence-corrected chi connectivity index (χ1v) is 6.24. The topological polar surface area (TPSA) is 33.1 Å². The van der Waals surface area contributed by atoms with Crippen molar-refractivity contribution in [2.45, 2.75) is 12.8 Å². The number of thiazole rings is 1. The summed E-state index contributed by atoms with van der Waals surface area (Å²) in [7, 11) is 0. The highest BCUT2D eigenvalue weighted by atomic mass is 35.5. The number of aliphatic hydroxyl groups excluding tert-OH is 1. The molecule has 0 spiro atoms. The van der Waals surface area contributed by atoms with Crippen molar-refractivity contribution in [1.29, 1.82) is 0 Å². The molecule has 0 aliphatic heterocycles. The third kappa shape index (κ3) is 2.26. The maximum absolute atomic E-state index is 9.49. The van der Waals surface area contributed by atoms with Gasteiger partial charge in [0.15, 0.2) is 0 Å². The lowest BCUT2D eigenvalue weighted by atomic mass is 9.97. The van der Waals surface area contributed by atoms with Crippen molar-refractivity contribution in [2.75, 3.05) is 6.61 Å². The van der Waals surface area contributed by atoms with Crippen LogP contribution in [0.5, 0.6) is 0 Å². The molecule has 0 aliphatic carbocycles. The molecule has 1 unspecified atom stereocenters. The molecular formula is C12H12ClNOS. The highest BCUT2D eigenvalue weighted by Crippen LogP contribution is 2.30. The van der Waals surface area contributed by atoms with Crippen LogP contribution in [0.4, 0.5) is 0 Å². The summed E-state index contributed by atoms with van der Waals surface area (Å²) < 4.78 is 0. The molecule has 2 nitrogen and oxygen atoms in total. The van der Waals surface area contributed by atoms with E-state index in [0.717, 1.165) is 16.1 Å². The van der Waals surface area contributed by atoms with Crippen LogP contribution in [0.25, 0.3) is 0 Å². The van der Waals surface area contributed by atoms with Crippen molar-refractivity contribution in [3.63, 3.8) is 0 Å². The van der Waals surface area contributed by atoms with Crippen molar-refractivity contribution in [3.05, 3.63) is 50.9 Å². The lowest BCUT2D eigenvalue weighted by molar-refractivity contribution is 0.281. The molecule has 2 aromatic rings. The molecule has 0 bridgehead atoms. The van der Waals surface area contributed by atoms with Gasteiger partial charge in [-0.3, -0.25) is 0 Å². The second-order valence-electron chi connectivity index (χ2n) is 3.59. The molecule has 1 N–H and O–H groups in total. The van der Waals surface area contributed by atoms with E-state index in [4.69, 9.17) is 11.6 Å². The molecule has 1 atom stereocenters. The summed E-state index contributed by atoms with van der Waals surface area (Å²) in [5.74, 6) is 0.00441. The number of benzene rings is 1. The van der Waals surface area contributed by atoms with Crippen LogP contribution in [0.1, 0.15) is 22.1 Å². The van der Waals surface area contributed by atoms with E-state index in [0.29, 0.717) is 5.02 Å². The highest BCUT2D eigenvalue weighted by molar-refractivity contribution is 7.09. The van der Waals surface area contributed by atoms with Gasteiger partial charge in [-0.25, -0.2) is 4.98 Å². The van der Waals surface area contributed by atoms with E-state index in [-0.39, 0.29) is 12.5 Å². The molecular weight excluding hydrogens is 242 g/mol. The Labute approximate surface area is 104 Å². The smallest absolute Gasteiger partial charge is 0.0797 e. The average Bonchev–Trinajstić information content (AvgIpc) is 2.69. The summed E-state index contributed by atoms with van der Waals surface area (Å²) in [5, 5.41) is 10.2. The van der Waals surface area contributed by atoms with Gasteiger partial charge in [0.25, 0.3) is 0 Å². The van der Waals surface area contributed by atoms with Gasteiger partial charge in [0.2, 0.25) is 0 Å². The monoisotopic (exact) mass is 253 g/mol. The minimum absolute atomic E-state index is 0.00441. The minimum Gasteiger partial charge on any atom is -0.395 e. The van der Waals surface area contributed by atoms with Gasteiger partial charge in [0.1, 0.15) is 0 Å². The number of nitrogens with zero attached hydrogens (tertiary/aromatic N) is 1. The summed E-state index contributed by atoms with van der Waals surface area (Å²) in [6, 6.07) is 7.58. The van der Waals surface area contributed by atoms with Crippen LogP contribution in [0.15, 0.2) is 29.8 Å². The number of aromatic nitrogens is 1. The fourth-order valence-electron chi connectivity index (χ4n) is 1.68. The van der Waals surface area contributed by atoms with Gasteiger partial charge in [-0.2, -0.15) is 0 Å². The van der Waals surface area contributed by atoms with Crippen LogP contribution in [0.2, 0.25) is 5.02 Å². The first-order chi connectivity index (χ1) is 7.72. The molecule has 0 aliphatic rings. The van der Waals surface area contributed by atoms with Gasteiger partial charge in [0, 0.05) is 15.8 Å². The Balaban J connectivity index is 2.37. The predicted octanol–water partition coefficient (Wildman–Crippen LogP) is 3.23.